The van der Waals surface area contributed by atoms with E-state index in [0.717, 1.165) is 35.1 Å². The van der Waals surface area contributed by atoms with Crippen molar-refractivity contribution in [2.45, 2.75) is 160 Å². The molecule has 0 heterocycles. The molecule has 0 aromatic carbocycles. The molecule has 0 saturated carbocycles. The van der Waals surface area contributed by atoms with Gasteiger partial charge in [-0.3, -0.25) is 19.2 Å². The van der Waals surface area contributed by atoms with E-state index in [2.05, 4.69) is 102 Å². The van der Waals surface area contributed by atoms with E-state index in [-0.39, 0.29) is 47.2 Å². The zero-order valence-corrected chi connectivity index (χ0v) is 54.5. The molecule has 0 saturated heterocycles. The van der Waals surface area contributed by atoms with E-state index in [1.165, 1.54) is 48.0 Å². The van der Waals surface area contributed by atoms with Crippen molar-refractivity contribution in [1.29, 1.82) is 0 Å². The molecule has 0 unspecified atom stereocenters. The Labute approximate surface area is 513 Å². The summed E-state index contributed by atoms with van der Waals surface area (Å²) in [6.07, 6.45) is 34.7. The zero-order chi connectivity index (χ0) is 62.4. The van der Waals surface area contributed by atoms with Crippen LogP contribution in [-0.2, 0) is 57.1 Å². The number of unbranched alkanes of at least 4 members (excludes halogenated alkanes) is 1. The highest BCUT2D eigenvalue weighted by atomic mass is 16.6. The smallest absolute Gasteiger partial charge is 0.244 e. The lowest BCUT2D eigenvalue weighted by Crippen LogP contribution is -2.33. The Kier molecular flexibility index (Phi) is 42.4. The summed E-state index contributed by atoms with van der Waals surface area (Å²) in [5.74, 6) is -1.01. The standard InChI is InChI=1S/C70H113N3O12/c1-12-78-41-42-82-49-50-85-52-51-84-48-45-81-40-32-66(75)71-36-19-38-79-43-46-83-47-44-80-39-20-37-73-68(77)62(55-63(74)53-58(4)23-15-21-56(2)28-30-64-60(6)25-17-33-69(64,8)9)27-13-14-35-72-67(76)54-59(5)24-16-22-57(3)29-31-65-61(7)26-18-34-70(65,10)11/h15-16,21-24,28-31,53-54,62H,12-14,17-20,25-27,32-52,55H2,1-11H3,(H,71,75)(H,72,76)(H,73,77)/b23-15+,24-16+,30-28+,31-29+,56-21+,57-22+,58-53+,59-54+/t62-/m1/s1. The Morgan fingerprint density at radius 3 is 1.39 bits per heavy atom. The molecule has 3 N–H and O–H groups in total. The highest BCUT2D eigenvalue weighted by Crippen LogP contribution is 2.42. The average molecular weight is 1190 g/mol. The van der Waals surface area contributed by atoms with Gasteiger partial charge in [-0.25, -0.2) is 0 Å². The number of ketones is 1. The van der Waals surface area contributed by atoms with E-state index >= 15 is 0 Å². The van der Waals surface area contributed by atoms with Crippen LogP contribution in [0.4, 0.5) is 0 Å². The number of carbonyl (C=O) groups is 4. The highest BCUT2D eigenvalue weighted by molar-refractivity contribution is 5.94. The molecule has 2 aliphatic carbocycles. The van der Waals surface area contributed by atoms with Gasteiger partial charge in [0.1, 0.15) is 0 Å². The van der Waals surface area contributed by atoms with Crippen molar-refractivity contribution in [1.82, 2.24) is 16.0 Å². The summed E-state index contributed by atoms with van der Waals surface area (Å²) in [5.41, 5.74) is 10.1. The number of hydrogen-bond donors (Lipinski definition) is 3. The van der Waals surface area contributed by atoms with Gasteiger partial charge in [-0.1, -0.05) is 117 Å². The zero-order valence-electron chi connectivity index (χ0n) is 54.5. The number of rotatable bonds is 48. The maximum Gasteiger partial charge on any atom is 0.244 e. The fourth-order valence-corrected chi connectivity index (χ4v) is 9.98. The number of allylic oxidation sites excluding steroid dienone is 19. The monoisotopic (exact) mass is 1190 g/mol. The van der Waals surface area contributed by atoms with Gasteiger partial charge < -0.3 is 53.8 Å². The van der Waals surface area contributed by atoms with Crippen LogP contribution in [0.5, 0.6) is 0 Å². The molecule has 3 amide bonds. The van der Waals surface area contributed by atoms with E-state index in [1.54, 1.807) is 12.2 Å². The molecule has 15 nitrogen and oxygen atoms in total. The molecular formula is C70H113N3O12. The van der Waals surface area contributed by atoms with Gasteiger partial charge in [-0.2, -0.15) is 0 Å². The summed E-state index contributed by atoms with van der Waals surface area (Å²) >= 11 is 0. The van der Waals surface area contributed by atoms with E-state index in [9.17, 15) is 19.2 Å². The van der Waals surface area contributed by atoms with Crippen LogP contribution in [0.1, 0.15) is 160 Å². The molecule has 0 spiro atoms. The molecule has 2 rings (SSSR count). The van der Waals surface area contributed by atoms with Crippen LogP contribution in [0.15, 0.2) is 117 Å². The molecule has 0 aromatic heterocycles. The topological polar surface area (TPSA) is 178 Å². The summed E-state index contributed by atoms with van der Waals surface area (Å²) in [6, 6.07) is 0. The minimum absolute atomic E-state index is 0.0693. The van der Waals surface area contributed by atoms with Crippen molar-refractivity contribution in [3.05, 3.63) is 117 Å². The summed E-state index contributed by atoms with van der Waals surface area (Å²) in [5, 5.41) is 8.89. The number of carbonyl (C=O) groups excluding carboxylic acids is 4. The second kappa shape index (κ2) is 47.3. The van der Waals surface area contributed by atoms with Crippen LogP contribution < -0.4 is 16.0 Å². The van der Waals surface area contributed by atoms with E-state index < -0.39 is 5.92 Å². The normalized spacial score (nSPS) is 16.6. The second-order valence-corrected chi connectivity index (χ2v) is 23.6. The summed E-state index contributed by atoms with van der Waals surface area (Å²) in [6.45, 7) is 32.7. The molecule has 2 aliphatic rings. The lowest BCUT2D eigenvalue weighted by molar-refractivity contribution is -0.128. The van der Waals surface area contributed by atoms with Crippen molar-refractivity contribution < 1.29 is 57.1 Å². The highest BCUT2D eigenvalue weighted by Gasteiger charge is 2.28. The second-order valence-electron chi connectivity index (χ2n) is 23.6. The molecule has 15 heteroatoms. The molecular weight excluding hydrogens is 1070 g/mol. The third kappa shape index (κ3) is 38.8. The van der Waals surface area contributed by atoms with E-state index in [4.69, 9.17) is 37.9 Å². The lowest BCUT2D eigenvalue weighted by atomic mass is 9.72. The number of ether oxygens (including phenoxy) is 8. The number of hydrogen-bond acceptors (Lipinski definition) is 12. The predicted molar refractivity (Wildman–Crippen MR) is 344 cm³/mol. The Morgan fingerprint density at radius 1 is 0.494 bits per heavy atom. The summed E-state index contributed by atoms with van der Waals surface area (Å²) in [7, 11) is 0. The largest absolute Gasteiger partial charge is 0.379 e. The molecule has 0 aliphatic heterocycles. The molecule has 0 aromatic rings. The Balaban J connectivity index is 1.72. The van der Waals surface area contributed by atoms with E-state index in [1.807, 2.05) is 51.2 Å². The van der Waals surface area contributed by atoms with Crippen molar-refractivity contribution in [3.63, 3.8) is 0 Å². The minimum atomic E-state index is -0.512. The SMILES string of the molecule is CCOCCOCCOCCOCCOCCC(=O)NCCCOCCOCCOCCCNC(=O)[C@H](CCCCNC(=O)/C=C(C)/C=C/C=C(C)/C=C/C1=C(C)CCCC1(C)C)CC(=O)/C=C(C)/C=C/C=C(C)/C=C/C1=C(C)CCCC1(C)C. The van der Waals surface area contributed by atoms with Crippen LogP contribution in [0.25, 0.3) is 0 Å². The summed E-state index contributed by atoms with van der Waals surface area (Å²) in [4.78, 5) is 51.9. The van der Waals surface area contributed by atoms with Crippen LogP contribution in [0.3, 0.4) is 0 Å². The van der Waals surface area contributed by atoms with Gasteiger partial charge in [0.05, 0.1) is 85.9 Å². The first kappa shape index (κ1) is 76.3. The molecule has 1 atom stereocenters. The molecule has 0 fully saturated rings. The first-order valence-electron chi connectivity index (χ1n) is 31.6. The molecule has 0 bridgehead atoms. The van der Waals surface area contributed by atoms with E-state index in [0.29, 0.717) is 157 Å². The maximum absolute atomic E-state index is 13.6. The Hall–Kier alpha value is -4.84. The third-order valence-electron chi connectivity index (χ3n) is 14.9. The predicted octanol–water partition coefficient (Wildman–Crippen LogP) is 12.5. The quantitative estimate of drug-likeness (QED) is 0.0299. The van der Waals surface area contributed by atoms with Crippen LogP contribution >= 0.6 is 0 Å². The first-order chi connectivity index (χ1) is 40.8. The number of nitrogens with one attached hydrogen (secondary N) is 3. The van der Waals surface area contributed by atoms with Crippen molar-refractivity contribution >= 4 is 23.5 Å². The van der Waals surface area contributed by atoms with Crippen molar-refractivity contribution in [2.75, 3.05) is 125 Å². The Morgan fingerprint density at radius 2 is 0.918 bits per heavy atom. The van der Waals surface area contributed by atoms with Gasteiger partial charge in [-0.05, 0) is 152 Å². The van der Waals surface area contributed by atoms with Gasteiger partial charge >= 0.3 is 0 Å². The third-order valence-corrected chi connectivity index (χ3v) is 14.9. The maximum atomic E-state index is 13.6. The van der Waals surface area contributed by atoms with Gasteiger partial charge in [0.15, 0.2) is 5.78 Å². The summed E-state index contributed by atoms with van der Waals surface area (Å²) < 4.78 is 44.0. The fraction of sp³-hybridized carbons (Fsp3) is 0.657. The Bertz CT molecular complexity index is 2260. The lowest BCUT2D eigenvalue weighted by Gasteiger charge is -2.33. The van der Waals surface area contributed by atoms with Crippen LogP contribution in [0, 0.1) is 16.7 Å². The van der Waals surface area contributed by atoms with Crippen LogP contribution in [0.2, 0.25) is 0 Å². The molecule has 85 heavy (non-hydrogen) atoms. The van der Waals surface area contributed by atoms with Gasteiger partial charge in [-0.15, -0.1) is 0 Å². The molecule has 480 valence electrons. The fourth-order valence-electron chi connectivity index (χ4n) is 9.98. The van der Waals surface area contributed by atoms with Crippen molar-refractivity contribution in [2.24, 2.45) is 16.7 Å². The average Bonchev–Trinajstić information content (AvgIpc) is 3.61. The van der Waals surface area contributed by atoms with Crippen molar-refractivity contribution in [3.8, 4) is 0 Å². The van der Waals surface area contributed by atoms with Gasteiger partial charge in [0.2, 0.25) is 17.7 Å². The van der Waals surface area contributed by atoms with Gasteiger partial charge in [0, 0.05) is 64.3 Å². The van der Waals surface area contributed by atoms with Gasteiger partial charge in [0.25, 0.3) is 0 Å². The number of amides is 3. The van der Waals surface area contributed by atoms with Crippen LogP contribution in [-0.4, -0.2) is 149 Å². The first-order valence-corrected chi connectivity index (χ1v) is 31.6. The minimum Gasteiger partial charge on any atom is -0.379 e. The molecule has 0 radical (unpaired) electrons.